The lowest BCUT2D eigenvalue weighted by Gasteiger charge is -2.05. The normalized spacial score (nSPS) is 13.0. The summed E-state index contributed by atoms with van der Waals surface area (Å²) in [5.41, 5.74) is 0. The number of unbranched alkanes of at least 4 members (excludes halogenated alkanes) is 1. The Hall–Kier alpha value is -0.260. The molecule has 0 aromatic carbocycles. The summed E-state index contributed by atoms with van der Waals surface area (Å²) in [5, 5.41) is 0. The van der Waals surface area contributed by atoms with E-state index >= 15 is 0 Å². The maximum atomic E-state index is 3.00. The maximum Gasteiger partial charge on any atom is -0.0533 e. The van der Waals surface area contributed by atoms with E-state index in [9.17, 15) is 0 Å². The molecule has 1 fully saturated rings. The van der Waals surface area contributed by atoms with E-state index in [0.29, 0.717) is 0 Å². The summed E-state index contributed by atoms with van der Waals surface area (Å²) in [7, 11) is 0. The van der Waals surface area contributed by atoms with Gasteiger partial charge in [-0.25, -0.2) is 0 Å². The van der Waals surface area contributed by atoms with Gasteiger partial charge >= 0.3 is 0 Å². The van der Waals surface area contributed by atoms with Gasteiger partial charge in [-0.15, -0.1) is 13.2 Å². The maximum absolute atomic E-state index is 3.00. The first-order valence-corrected chi connectivity index (χ1v) is 4.41. The summed E-state index contributed by atoms with van der Waals surface area (Å²) in [5.74, 6) is 0. The molecule has 0 bridgehead atoms. The van der Waals surface area contributed by atoms with Crippen molar-refractivity contribution < 1.29 is 0 Å². The summed E-state index contributed by atoms with van der Waals surface area (Å²) in [4.78, 5) is 0. The Kier molecular flexibility index (Phi) is 19.7. The van der Waals surface area contributed by atoms with E-state index in [1.165, 1.54) is 38.5 Å². The van der Waals surface area contributed by atoms with E-state index in [-0.39, 0.29) is 0 Å². The zero-order chi connectivity index (χ0) is 8.24. The first kappa shape index (κ1) is 12.4. The highest BCUT2D eigenvalue weighted by Crippen LogP contribution is 2.15. The molecule has 0 radical (unpaired) electrons. The lowest BCUT2D eigenvalue weighted by molar-refractivity contribution is 0.504. The van der Waals surface area contributed by atoms with Crippen LogP contribution in [0.1, 0.15) is 52.4 Å². The van der Waals surface area contributed by atoms with Crippen molar-refractivity contribution in [3.8, 4) is 0 Å². The van der Waals surface area contributed by atoms with Gasteiger partial charge in [-0.1, -0.05) is 52.4 Å². The summed E-state index contributed by atoms with van der Waals surface area (Å²) < 4.78 is 0. The van der Waals surface area contributed by atoms with Crippen LogP contribution in [-0.4, -0.2) is 0 Å². The molecular formula is C10H22. The molecule has 0 heteroatoms. The SMILES string of the molecule is C1CCC1.C=C.CCCC. The van der Waals surface area contributed by atoms with Crippen molar-refractivity contribution >= 4 is 0 Å². The Balaban J connectivity index is 0. The average Bonchev–Trinajstić information content (AvgIpc) is 1.89. The van der Waals surface area contributed by atoms with Crippen LogP contribution in [0.2, 0.25) is 0 Å². The van der Waals surface area contributed by atoms with Crippen LogP contribution in [0.25, 0.3) is 0 Å². The molecule has 0 spiro atoms. The smallest absolute Gasteiger partial charge is 0.0533 e. The fourth-order valence-corrected chi connectivity index (χ4v) is 0.250. The summed E-state index contributed by atoms with van der Waals surface area (Å²) >= 11 is 0. The summed E-state index contributed by atoms with van der Waals surface area (Å²) in [6.07, 6.45) is 8.64. The Labute approximate surface area is 66.3 Å². The largest absolute Gasteiger partial charge is 0.106 e. The van der Waals surface area contributed by atoms with Crippen LogP contribution in [0.5, 0.6) is 0 Å². The molecule has 0 aromatic heterocycles. The van der Waals surface area contributed by atoms with Gasteiger partial charge in [-0.3, -0.25) is 0 Å². The topological polar surface area (TPSA) is 0 Å². The average molecular weight is 142 g/mol. The molecule has 0 atom stereocenters. The molecule has 0 saturated heterocycles. The molecule has 0 heterocycles. The second-order valence-electron chi connectivity index (χ2n) is 2.41. The third-order valence-electron chi connectivity index (χ3n) is 1.50. The minimum Gasteiger partial charge on any atom is -0.106 e. The third-order valence-corrected chi connectivity index (χ3v) is 1.50. The van der Waals surface area contributed by atoms with Gasteiger partial charge in [0, 0.05) is 0 Å². The summed E-state index contributed by atoms with van der Waals surface area (Å²) in [6.45, 7) is 10.4. The van der Waals surface area contributed by atoms with Crippen molar-refractivity contribution in [1.82, 2.24) is 0 Å². The van der Waals surface area contributed by atoms with Crippen LogP contribution in [0.4, 0.5) is 0 Å². The van der Waals surface area contributed by atoms with Gasteiger partial charge in [-0.2, -0.15) is 0 Å². The zero-order valence-corrected chi connectivity index (χ0v) is 7.66. The van der Waals surface area contributed by atoms with Gasteiger partial charge in [0.1, 0.15) is 0 Å². The van der Waals surface area contributed by atoms with E-state index in [0.717, 1.165) is 0 Å². The Bertz CT molecular complexity index is 29.3. The van der Waals surface area contributed by atoms with E-state index < -0.39 is 0 Å². The summed E-state index contributed by atoms with van der Waals surface area (Å²) in [6, 6.07) is 0. The van der Waals surface area contributed by atoms with Gasteiger partial charge in [0.15, 0.2) is 0 Å². The molecule has 1 rings (SSSR count). The predicted molar refractivity (Wildman–Crippen MR) is 50.3 cm³/mol. The van der Waals surface area contributed by atoms with Crippen LogP contribution in [0.15, 0.2) is 13.2 Å². The van der Waals surface area contributed by atoms with Gasteiger partial charge in [0.05, 0.1) is 0 Å². The van der Waals surface area contributed by atoms with Gasteiger partial charge in [0.2, 0.25) is 0 Å². The van der Waals surface area contributed by atoms with E-state index in [2.05, 4.69) is 27.0 Å². The van der Waals surface area contributed by atoms with Crippen molar-refractivity contribution in [3.05, 3.63) is 13.2 Å². The highest BCUT2D eigenvalue weighted by atomic mass is 14.0. The Morgan fingerprint density at radius 2 is 1.00 bits per heavy atom. The standard InChI is InChI=1S/C4H8.C4H10.C2H4/c1-2-4-3-1;1-3-4-2;1-2/h1-4H2;3-4H2,1-2H3;1-2H2. The van der Waals surface area contributed by atoms with Crippen LogP contribution < -0.4 is 0 Å². The van der Waals surface area contributed by atoms with E-state index in [1.54, 1.807) is 0 Å². The quantitative estimate of drug-likeness (QED) is 0.482. The van der Waals surface area contributed by atoms with E-state index in [4.69, 9.17) is 0 Å². The van der Waals surface area contributed by atoms with Gasteiger partial charge in [0.25, 0.3) is 0 Å². The number of hydrogen-bond acceptors (Lipinski definition) is 0. The molecular weight excluding hydrogens is 120 g/mol. The molecule has 0 aromatic rings. The van der Waals surface area contributed by atoms with Crippen LogP contribution in [-0.2, 0) is 0 Å². The van der Waals surface area contributed by atoms with Crippen molar-refractivity contribution in [1.29, 1.82) is 0 Å². The van der Waals surface area contributed by atoms with Crippen molar-refractivity contribution in [3.63, 3.8) is 0 Å². The predicted octanol–water partition coefficient (Wildman–Crippen LogP) is 4.17. The molecule has 0 aliphatic heterocycles. The zero-order valence-electron chi connectivity index (χ0n) is 7.66. The minimum absolute atomic E-state index is 1.32. The first-order valence-electron chi connectivity index (χ1n) is 4.41. The molecule has 0 amide bonds. The molecule has 1 aliphatic carbocycles. The van der Waals surface area contributed by atoms with Crippen LogP contribution in [0, 0.1) is 0 Å². The van der Waals surface area contributed by atoms with E-state index in [1.807, 2.05) is 0 Å². The van der Waals surface area contributed by atoms with Crippen molar-refractivity contribution in [2.45, 2.75) is 52.4 Å². The molecule has 62 valence electrons. The van der Waals surface area contributed by atoms with Crippen LogP contribution in [0.3, 0.4) is 0 Å². The van der Waals surface area contributed by atoms with Crippen molar-refractivity contribution in [2.24, 2.45) is 0 Å². The molecule has 1 aliphatic rings. The van der Waals surface area contributed by atoms with Gasteiger partial charge in [-0.05, 0) is 0 Å². The highest BCUT2D eigenvalue weighted by Gasteiger charge is 1.95. The lowest BCUT2D eigenvalue weighted by atomic mass is 10.0. The second kappa shape index (κ2) is 15.9. The molecule has 1 saturated carbocycles. The Morgan fingerprint density at radius 1 is 0.800 bits per heavy atom. The second-order valence-corrected chi connectivity index (χ2v) is 2.41. The molecule has 0 unspecified atom stereocenters. The van der Waals surface area contributed by atoms with Crippen molar-refractivity contribution in [2.75, 3.05) is 0 Å². The Morgan fingerprint density at radius 3 is 1.00 bits per heavy atom. The third kappa shape index (κ3) is 15.6. The van der Waals surface area contributed by atoms with Crippen LogP contribution >= 0.6 is 0 Å². The number of hydrogen-bond donors (Lipinski definition) is 0. The number of rotatable bonds is 1. The highest BCUT2D eigenvalue weighted by molar-refractivity contribution is 4.50. The monoisotopic (exact) mass is 142 g/mol. The lowest BCUT2D eigenvalue weighted by Crippen LogP contribution is -1.85. The van der Waals surface area contributed by atoms with Gasteiger partial charge < -0.3 is 0 Å². The first-order chi connectivity index (χ1) is 4.91. The fourth-order valence-electron chi connectivity index (χ4n) is 0.250. The molecule has 10 heavy (non-hydrogen) atoms. The fraction of sp³-hybridized carbons (Fsp3) is 0.800. The minimum atomic E-state index is 1.32. The molecule has 0 N–H and O–H groups in total. The molecule has 0 nitrogen and oxygen atoms in total.